The van der Waals surface area contributed by atoms with E-state index >= 15 is 0 Å². The molecule has 0 saturated carbocycles. The van der Waals surface area contributed by atoms with Gasteiger partial charge in [-0.2, -0.15) is 0 Å². The molecule has 3 rings (SSSR count). The molecule has 0 bridgehead atoms. The van der Waals surface area contributed by atoms with Crippen molar-refractivity contribution in [2.45, 2.75) is 6.54 Å². The quantitative estimate of drug-likeness (QED) is 0.411. The van der Waals surface area contributed by atoms with Crippen LogP contribution in [-0.4, -0.2) is 28.1 Å². The van der Waals surface area contributed by atoms with E-state index in [4.69, 9.17) is 27.9 Å². The van der Waals surface area contributed by atoms with Crippen molar-refractivity contribution in [2.75, 3.05) is 7.05 Å². The minimum absolute atomic E-state index is 0.201. The van der Waals surface area contributed by atoms with Crippen molar-refractivity contribution >= 4 is 45.2 Å². The number of hydrogen-bond donors (Lipinski definition) is 1. The Kier molecular flexibility index (Phi) is 6.44. The lowest BCUT2D eigenvalue weighted by molar-refractivity contribution is 0.153. The van der Waals surface area contributed by atoms with Crippen LogP contribution in [0, 0.1) is 0 Å². The van der Waals surface area contributed by atoms with Gasteiger partial charge in [-0.05, 0) is 81.2 Å². The van der Waals surface area contributed by atoms with E-state index in [-0.39, 0.29) is 6.54 Å². The summed E-state index contributed by atoms with van der Waals surface area (Å²) in [6.45, 7) is 0.201. The van der Waals surface area contributed by atoms with Crippen molar-refractivity contribution in [3.05, 3.63) is 74.9 Å². The van der Waals surface area contributed by atoms with E-state index in [1.807, 2.05) is 12.1 Å². The Bertz CT molecular complexity index is 993. The maximum Gasteiger partial charge on any atom is 0.407 e. The third kappa shape index (κ3) is 5.38. The molecule has 0 spiro atoms. The highest BCUT2D eigenvalue weighted by molar-refractivity contribution is 9.10. The fraction of sp³-hybridized carbons (Fsp3) is 0.100. The van der Waals surface area contributed by atoms with Crippen LogP contribution in [0.1, 0.15) is 5.56 Å². The summed E-state index contributed by atoms with van der Waals surface area (Å²) in [6, 6.07) is 14.3. The predicted molar refractivity (Wildman–Crippen MR) is 113 cm³/mol. The molecule has 1 aromatic heterocycles. The first kappa shape index (κ1) is 20.5. The van der Waals surface area contributed by atoms with Gasteiger partial charge in [0.15, 0.2) is 0 Å². The van der Waals surface area contributed by atoms with Crippen LogP contribution < -0.4 is 4.74 Å². The van der Waals surface area contributed by atoms with E-state index in [0.717, 1.165) is 16.7 Å². The van der Waals surface area contributed by atoms with Gasteiger partial charge < -0.3 is 14.7 Å². The maximum absolute atomic E-state index is 11.2. The predicted octanol–water partition coefficient (Wildman–Crippen LogP) is 6.72. The van der Waals surface area contributed by atoms with Crippen LogP contribution in [0.2, 0.25) is 10.0 Å². The molecule has 3 aromatic rings. The van der Waals surface area contributed by atoms with Gasteiger partial charge in [0.05, 0.1) is 6.20 Å². The molecule has 0 fully saturated rings. The van der Waals surface area contributed by atoms with Crippen LogP contribution in [-0.2, 0) is 6.54 Å². The van der Waals surface area contributed by atoms with Crippen LogP contribution in [0.3, 0.4) is 0 Å². The minimum Gasteiger partial charge on any atom is -0.465 e. The molecular formula is C20H15BrCl2N2O3. The van der Waals surface area contributed by atoms with Crippen molar-refractivity contribution in [3.63, 3.8) is 0 Å². The minimum atomic E-state index is -1.02. The first-order valence-electron chi connectivity index (χ1n) is 8.14. The van der Waals surface area contributed by atoms with E-state index in [2.05, 4.69) is 20.9 Å². The summed E-state index contributed by atoms with van der Waals surface area (Å²) in [4.78, 5) is 16.5. The highest BCUT2D eigenvalue weighted by Crippen LogP contribution is 2.32. The highest BCUT2D eigenvalue weighted by atomic mass is 79.9. The van der Waals surface area contributed by atoms with Gasteiger partial charge in [0, 0.05) is 23.6 Å². The summed E-state index contributed by atoms with van der Waals surface area (Å²) in [5, 5.41) is 10.2. The Labute approximate surface area is 180 Å². The van der Waals surface area contributed by atoms with Crippen LogP contribution in [0.15, 0.2) is 59.3 Å². The Balaban J connectivity index is 2.02. The van der Waals surface area contributed by atoms with Gasteiger partial charge >= 0.3 is 6.09 Å². The van der Waals surface area contributed by atoms with Gasteiger partial charge in [-0.25, -0.2) is 9.78 Å². The first-order valence-corrected chi connectivity index (χ1v) is 9.69. The van der Waals surface area contributed by atoms with Gasteiger partial charge in [-0.1, -0.05) is 23.2 Å². The number of benzene rings is 2. The average molecular weight is 482 g/mol. The zero-order valence-electron chi connectivity index (χ0n) is 14.7. The zero-order chi connectivity index (χ0) is 20.3. The van der Waals surface area contributed by atoms with Gasteiger partial charge in [0.25, 0.3) is 0 Å². The smallest absolute Gasteiger partial charge is 0.407 e. The molecule has 1 N–H and O–H groups in total. The second-order valence-corrected chi connectivity index (χ2v) is 7.77. The number of carbonyl (C=O) groups is 1. The van der Waals surface area contributed by atoms with Gasteiger partial charge in [0.2, 0.25) is 0 Å². The number of amides is 1. The number of rotatable bonds is 5. The number of ether oxygens (including phenoxy) is 1. The van der Waals surface area contributed by atoms with E-state index in [0.29, 0.717) is 26.1 Å². The third-order valence-corrected chi connectivity index (χ3v) is 4.75. The number of nitrogens with zero attached hydrogens (tertiary/aromatic N) is 2. The van der Waals surface area contributed by atoms with Crippen LogP contribution in [0.25, 0.3) is 11.1 Å². The molecule has 0 aliphatic rings. The fourth-order valence-electron chi connectivity index (χ4n) is 2.60. The summed E-state index contributed by atoms with van der Waals surface area (Å²) in [7, 11) is 1.50. The molecule has 5 nitrogen and oxygen atoms in total. The highest BCUT2D eigenvalue weighted by Gasteiger charge is 2.11. The van der Waals surface area contributed by atoms with Gasteiger partial charge in [-0.15, -0.1) is 0 Å². The molecule has 0 saturated heterocycles. The van der Waals surface area contributed by atoms with Crippen molar-refractivity contribution in [2.24, 2.45) is 0 Å². The lowest BCUT2D eigenvalue weighted by Gasteiger charge is -2.16. The Hall–Kier alpha value is -2.28. The summed E-state index contributed by atoms with van der Waals surface area (Å²) in [5.41, 5.74) is 2.37. The maximum atomic E-state index is 11.2. The van der Waals surface area contributed by atoms with Gasteiger partial charge in [-0.3, -0.25) is 0 Å². The molecule has 144 valence electrons. The van der Waals surface area contributed by atoms with Crippen molar-refractivity contribution in [1.82, 2.24) is 9.88 Å². The average Bonchev–Trinajstić information content (AvgIpc) is 2.62. The SMILES string of the molecule is CN(Cc1cc(Oc2ccc(Br)nc2)cc(-c2cc(Cl)cc(Cl)c2)c1)C(=O)O. The van der Waals surface area contributed by atoms with E-state index in [1.165, 1.54) is 11.9 Å². The summed E-state index contributed by atoms with van der Waals surface area (Å²) in [5.74, 6) is 1.11. The number of hydrogen-bond acceptors (Lipinski definition) is 3. The Morgan fingerprint density at radius 1 is 1.07 bits per heavy atom. The zero-order valence-corrected chi connectivity index (χ0v) is 17.8. The molecule has 0 radical (unpaired) electrons. The molecule has 1 heterocycles. The number of aromatic nitrogens is 1. The van der Waals surface area contributed by atoms with Crippen molar-refractivity contribution < 1.29 is 14.6 Å². The van der Waals surface area contributed by atoms with E-state index in [1.54, 1.807) is 42.6 Å². The number of pyridine rings is 1. The monoisotopic (exact) mass is 480 g/mol. The summed E-state index contributed by atoms with van der Waals surface area (Å²) in [6.07, 6.45) is 0.576. The standard InChI is InChI=1S/C20H15BrCl2N2O3/c1-25(20(26)27)11-12-4-13(14-6-15(22)9-16(23)7-14)8-18(5-12)28-17-2-3-19(21)24-10-17/h2-10H,11H2,1H3,(H,26,27). The molecule has 1 amide bonds. The van der Waals surface area contributed by atoms with Crippen molar-refractivity contribution in [3.8, 4) is 22.6 Å². The Morgan fingerprint density at radius 2 is 1.75 bits per heavy atom. The Morgan fingerprint density at radius 3 is 2.36 bits per heavy atom. The lowest BCUT2D eigenvalue weighted by Crippen LogP contribution is -2.23. The summed E-state index contributed by atoms with van der Waals surface area (Å²) >= 11 is 15.6. The van der Waals surface area contributed by atoms with E-state index < -0.39 is 6.09 Å². The molecule has 28 heavy (non-hydrogen) atoms. The van der Waals surface area contributed by atoms with Gasteiger partial charge in [0.1, 0.15) is 16.1 Å². The van der Waals surface area contributed by atoms with E-state index in [9.17, 15) is 9.90 Å². The number of carboxylic acid groups (broad SMARTS) is 1. The first-order chi connectivity index (χ1) is 13.3. The second kappa shape index (κ2) is 8.82. The van der Waals surface area contributed by atoms with Crippen molar-refractivity contribution in [1.29, 1.82) is 0 Å². The summed E-state index contributed by atoms with van der Waals surface area (Å²) < 4.78 is 6.62. The molecule has 0 aliphatic carbocycles. The molecule has 0 unspecified atom stereocenters. The van der Waals surface area contributed by atoms with Crippen LogP contribution in [0.4, 0.5) is 4.79 Å². The normalized spacial score (nSPS) is 10.6. The van der Waals surface area contributed by atoms with Crippen LogP contribution in [0.5, 0.6) is 11.5 Å². The molecule has 2 aromatic carbocycles. The fourth-order valence-corrected chi connectivity index (χ4v) is 3.36. The second-order valence-electron chi connectivity index (χ2n) is 6.08. The molecule has 0 atom stereocenters. The topological polar surface area (TPSA) is 62.7 Å². The lowest BCUT2D eigenvalue weighted by atomic mass is 10.0. The molecular weight excluding hydrogens is 467 g/mol. The molecule has 0 aliphatic heterocycles. The number of halogens is 3. The van der Waals surface area contributed by atoms with Crippen LogP contribution >= 0.6 is 39.1 Å². The molecule has 8 heteroatoms. The largest absolute Gasteiger partial charge is 0.465 e. The third-order valence-electron chi connectivity index (χ3n) is 3.84.